The third kappa shape index (κ3) is 5.41. The molecule has 7 heteroatoms. The lowest BCUT2D eigenvalue weighted by Gasteiger charge is -2.12. The van der Waals surface area contributed by atoms with Gasteiger partial charge in [-0.1, -0.05) is 54.6 Å². The average Bonchev–Trinajstić information content (AvgIpc) is 3.33. The molecule has 37 heavy (non-hydrogen) atoms. The van der Waals surface area contributed by atoms with Crippen LogP contribution in [0.25, 0.3) is 22.4 Å². The van der Waals surface area contributed by atoms with Crippen LogP contribution in [0.4, 0.5) is 0 Å². The number of imidazole rings is 1. The van der Waals surface area contributed by atoms with Crippen molar-refractivity contribution >= 4 is 17.0 Å². The second kappa shape index (κ2) is 10.9. The molecular weight excluding hydrogens is 468 g/mol. The summed E-state index contributed by atoms with van der Waals surface area (Å²) in [5.41, 5.74) is 4.53. The number of nitrogens with zero attached hydrogens (tertiary/aromatic N) is 2. The molecule has 4 aromatic carbocycles. The fraction of sp³-hybridized carbons (Fsp3) is 0.133. The van der Waals surface area contributed by atoms with Crippen molar-refractivity contribution in [3.05, 3.63) is 114 Å². The van der Waals surface area contributed by atoms with Crippen LogP contribution in [0.15, 0.2) is 97.1 Å². The SMILES string of the molecule is COc1ccc(COC(=O)c2ccc3nc(-c4ccccc4)n(OCc4ccc(OC)cc4)c3c2)cc1. The lowest BCUT2D eigenvalue weighted by molar-refractivity contribution is 0.0472. The highest BCUT2D eigenvalue weighted by atomic mass is 16.7. The van der Waals surface area contributed by atoms with Crippen LogP contribution in [-0.2, 0) is 18.0 Å². The molecule has 0 unspecified atom stereocenters. The van der Waals surface area contributed by atoms with E-state index in [1.165, 1.54) is 0 Å². The number of aromatic nitrogens is 2. The first-order valence-corrected chi connectivity index (χ1v) is 11.8. The highest BCUT2D eigenvalue weighted by molar-refractivity contribution is 5.94. The molecule has 0 saturated heterocycles. The lowest BCUT2D eigenvalue weighted by atomic mass is 10.2. The van der Waals surface area contributed by atoms with Gasteiger partial charge >= 0.3 is 5.97 Å². The Morgan fingerprint density at radius 1 is 0.757 bits per heavy atom. The number of esters is 1. The van der Waals surface area contributed by atoms with Gasteiger partial charge in [0.15, 0.2) is 5.82 Å². The number of hydrogen-bond acceptors (Lipinski definition) is 6. The minimum absolute atomic E-state index is 0.156. The van der Waals surface area contributed by atoms with Crippen molar-refractivity contribution in [1.82, 2.24) is 9.71 Å². The summed E-state index contributed by atoms with van der Waals surface area (Å²) in [4.78, 5) is 23.9. The lowest BCUT2D eigenvalue weighted by Crippen LogP contribution is -2.13. The van der Waals surface area contributed by atoms with Gasteiger partial charge in [0.05, 0.1) is 25.3 Å². The molecule has 0 bridgehead atoms. The van der Waals surface area contributed by atoms with Crippen molar-refractivity contribution in [1.29, 1.82) is 0 Å². The summed E-state index contributed by atoms with van der Waals surface area (Å²) in [6.45, 7) is 0.463. The third-order valence-electron chi connectivity index (χ3n) is 5.93. The van der Waals surface area contributed by atoms with Crippen LogP contribution < -0.4 is 14.3 Å². The van der Waals surface area contributed by atoms with Gasteiger partial charge in [-0.15, -0.1) is 0 Å². The van der Waals surface area contributed by atoms with Crippen LogP contribution in [0, 0.1) is 0 Å². The van der Waals surface area contributed by atoms with E-state index >= 15 is 0 Å². The Hall–Kier alpha value is -4.78. The molecule has 0 fully saturated rings. The van der Waals surface area contributed by atoms with Crippen molar-refractivity contribution in [2.45, 2.75) is 13.2 Å². The molecule has 1 heterocycles. The molecule has 0 aliphatic rings. The summed E-state index contributed by atoms with van der Waals surface area (Å²) >= 11 is 0. The number of hydrogen-bond donors (Lipinski definition) is 0. The second-order valence-corrected chi connectivity index (χ2v) is 8.35. The number of methoxy groups -OCH3 is 2. The predicted octanol–water partition coefficient (Wildman–Crippen LogP) is 5.71. The van der Waals surface area contributed by atoms with Gasteiger partial charge in [0.25, 0.3) is 0 Å². The maximum atomic E-state index is 12.9. The Balaban J connectivity index is 1.42. The standard InChI is InChI=1S/C30H26N2O5/c1-34-25-13-8-21(9-14-25)19-36-30(33)24-12-17-27-28(18-24)32(29(31-27)23-6-4-3-5-7-23)37-20-22-10-15-26(35-2)16-11-22/h3-18H,19-20H2,1-2H3. The fourth-order valence-corrected chi connectivity index (χ4v) is 3.90. The quantitative estimate of drug-likeness (QED) is 0.245. The molecule has 186 valence electrons. The van der Waals surface area contributed by atoms with Crippen LogP contribution in [0.3, 0.4) is 0 Å². The zero-order valence-electron chi connectivity index (χ0n) is 20.6. The van der Waals surface area contributed by atoms with Crippen molar-refractivity contribution in [3.63, 3.8) is 0 Å². The van der Waals surface area contributed by atoms with Gasteiger partial charge < -0.3 is 19.0 Å². The van der Waals surface area contributed by atoms with E-state index in [0.29, 0.717) is 29.0 Å². The maximum Gasteiger partial charge on any atom is 0.338 e. The Bertz CT molecular complexity index is 1490. The van der Waals surface area contributed by atoms with E-state index in [9.17, 15) is 4.79 Å². The maximum absolute atomic E-state index is 12.9. The minimum atomic E-state index is -0.429. The van der Waals surface area contributed by atoms with E-state index in [4.69, 9.17) is 24.0 Å². The van der Waals surface area contributed by atoms with Crippen molar-refractivity contribution in [2.24, 2.45) is 0 Å². The summed E-state index contributed by atoms with van der Waals surface area (Å²) in [6.07, 6.45) is 0. The molecule has 0 aliphatic carbocycles. The third-order valence-corrected chi connectivity index (χ3v) is 5.93. The zero-order chi connectivity index (χ0) is 25.6. The Labute approximate surface area is 214 Å². The minimum Gasteiger partial charge on any atom is -0.497 e. The number of carbonyl (C=O) groups excluding carboxylic acids is 1. The number of ether oxygens (including phenoxy) is 3. The summed E-state index contributed by atoms with van der Waals surface area (Å²) in [7, 11) is 3.24. The number of carbonyl (C=O) groups is 1. The molecule has 7 nitrogen and oxygen atoms in total. The van der Waals surface area contributed by atoms with E-state index in [1.807, 2.05) is 78.9 Å². The van der Waals surface area contributed by atoms with Gasteiger partial charge in [-0.2, -0.15) is 4.73 Å². The largest absolute Gasteiger partial charge is 0.497 e. The van der Waals surface area contributed by atoms with Crippen LogP contribution in [0.1, 0.15) is 21.5 Å². The Morgan fingerprint density at radius 3 is 2.00 bits per heavy atom. The smallest absolute Gasteiger partial charge is 0.338 e. The molecule has 0 saturated carbocycles. The van der Waals surface area contributed by atoms with Gasteiger partial charge in [0.2, 0.25) is 0 Å². The Morgan fingerprint density at radius 2 is 1.38 bits per heavy atom. The summed E-state index contributed by atoms with van der Waals surface area (Å²) in [6, 6.07) is 30.1. The van der Waals surface area contributed by atoms with Gasteiger partial charge in [-0.05, 0) is 53.6 Å². The molecular formula is C30H26N2O5. The Kier molecular flexibility index (Phi) is 7.03. The molecule has 5 aromatic rings. The van der Waals surface area contributed by atoms with E-state index in [-0.39, 0.29) is 6.61 Å². The molecule has 1 aromatic heterocycles. The first-order chi connectivity index (χ1) is 18.1. The molecule has 0 aliphatic heterocycles. The monoisotopic (exact) mass is 494 g/mol. The van der Waals surface area contributed by atoms with E-state index in [1.54, 1.807) is 37.1 Å². The second-order valence-electron chi connectivity index (χ2n) is 8.35. The highest BCUT2D eigenvalue weighted by Crippen LogP contribution is 2.26. The number of rotatable bonds is 9. The van der Waals surface area contributed by atoms with Crippen LogP contribution >= 0.6 is 0 Å². The summed E-state index contributed by atoms with van der Waals surface area (Å²) in [5.74, 6) is 1.74. The fourth-order valence-electron chi connectivity index (χ4n) is 3.90. The average molecular weight is 495 g/mol. The van der Waals surface area contributed by atoms with E-state index < -0.39 is 5.97 Å². The first-order valence-electron chi connectivity index (χ1n) is 11.8. The molecule has 0 radical (unpaired) electrons. The van der Waals surface area contributed by atoms with Gasteiger partial charge in [-0.3, -0.25) is 0 Å². The molecule has 0 atom stereocenters. The summed E-state index contributed by atoms with van der Waals surface area (Å²) in [5, 5.41) is 0. The summed E-state index contributed by atoms with van der Waals surface area (Å²) < 4.78 is 17.7. The molecule has 0 spiro atoms. The van der Waals surface area contributed by atoms with Gasteiger partial charge in [-0.25, -0.2) is 9.78 Å². The zero-order valence-corrected chi connectivity index (χ0v) is 20.6. The molecule has 0 N–H and O–H groups in total. The van der Waals surface area contributed by atoms with Crippen molar-refractivity contribution < 1.29 is 23.8 Å². The van der Waals surface area contributed by atoms with Crippen LogP contribution in [0.2, 0.25) is 0 Å². The number of benzene rings is 4. The van der Waals surface area contributed by atoms with Crippen LogP contribution in [0.5, 0.6) is 11.5 Å². The highest BCUT2D eigenvalue weighted by Gasteiger charge is 2.17. The number of fused-ring (bicyclic) bond motifs is 1. The van der Waals surface area contributed by atoms with Gasteiger partial charge in [0, 0.05) is 5.56 Å². The van der Waals surface area contributed by atoms with E-state index in [0.717, 1.165) is 28.2 Å². The van der Waals surface area contributed by atoms with E-state index in [2.05, 4.69) is 0 Å². The van der Waals surface area contributed by atoms with Crippen molar-refractivity contribution in [3.8, 4) is 22.9 Å². The normalized spacial score (nSPS) is 10.8. The predicted molar refractivity (Wildman–Crippen MR) is 141 cm³/mol. The molecule has 0 amide bonds. The van der Waals surface area contributed by atoms with Gasteiger partial charge in [0.1, 0.15) is 30.2 Å². The first kappa shape index (κ1) is 23.9. The van der Waals surface area contributed by atoms with Crippen LogP contribution in [-0.4, -0.2) is 29.9 Å². The van der Waals surface area contributed by atoms with Crippen molar-refractivity contribution in [2.75, 3.05) is 14.2 Å². The molecule has 5 rings (SSSR count). The topological polar surface area (TPSA) is 71.8 Å².